The number of nitrogens with one attached hydrogen (secondary N) is 1. The molecule has 2 aliphatic heterocycles. The summed E-state index contributed by atoms with van der Waals surface area (Å²) >= 11 is 0. The molecule has 2 amide bonds. The van der Waals surface area contributed by atoms with E-state index in [2.05, 4.69) is 10.5 Å². The molecule has 0 bridgehead atoms. The Kier molecular flexibility index (Phi) is 3.53. The highest BCUT2D eigenvalue weighted by molar-refractivity contribution is 6.39. The van der Waals surface area contributed by atoms with Gasteiger partial charge in [0.05, 0.1) is 0 Å². The highest BCUT2D eigenvalue weighted by Crippen LogP contribution is 2.35. The molecule has 5 nitrogen and oxygen atoms in total. The molecule has 19 heavy (non-hydrogen) atoms. The molecule has 0 aromatic carbocycles. The standard InChI is InChI=1S/C14H21N3O2/c18-13-8-7-11(15-16-13)14(19)17-9-3-6-12(17)10-4-1-2-5-10/h10,12H,1-9H2,(H,16,18). The molecule has 0 aromatic heterocycles. The van der Waals surface area contributed by atoms with Crippen molar-refractivity contribution in [3.63, 3.8) is 0 Å². The van der Waals surface area contributed by atoms with Crippen LogP contribution in [0.25, 0.3) is 0 Å². The molecule has 2 heterocycles. The summed E-state index contributed by atoms with van der Waals surface area (Å²) in [6.45, 7) is 0.854. The lowest BCUT2D eigenvalue weighted by Gasteiger charge is -2.30. The van der Waals surface area contributed by atoms with E-state index in [4.69, 9.17) is 0 Å². The highest BCUT2D eigenvalue weighted by atomic mass is 16.2. The van der Waals surface area contributed by atoms with Gasteiger partial charge in [0.25, 0.3) is 5.91 Å². The minimum atomic E-state index is -0.0923. The molecule has 1 saturated heterocycles. The molecule has 2 fully saturated rings. The zero-order valence-corrected chi connectivity index (χ0v) is 11.2. The number of hydrogen-bond acceptors (Lipinski definition) is 3. The molecule has 1 atom stereocenters. The molecule has 5 heteroatoms. The second-order valence-electron chi connectivity index (χ2n) is 5.85. The Balaban J connectivity index is 1.69. The van der Waals surface area contributed by atoms with Gasteiger partial charge in [0.2, 0.25) is 5.91 Å². The van der Waals surface area contributed by atoms with Gasteiger partial charge in [-0.25, -0.2) is 5.43 Å². The number of hydrazone groups is 1. The maximum Gasteiger partial charge on any atom is 0.270 e. The molecular weight excluding hydrogens is 242 g/mol. The minimum absolute atomic E-state index is 0.0504. The van der Waals surface area contributed by atoms with Crippen molar-refractivity contribution in [2.75, 3.05) is 6.54 Å². The molecule has 0 aromatic rings. The van der Waals surface area contributed by atoms with Crippen LogP contribution < -0.4 is 5.43 Å². The van der Waals surface area contributed by atoms with Gasteiger partial charge in [0, 0.05) is 25.4 Å². The van der Waals surface area contributed by atoms with Crippen LogP contribution in [0.3, 0.4) is 0 Å². The molecule has 104 valence electrons. The van der Waals surface area contributed by atoms with E-state index in [1.165, 1.54) is 25.7 Å². The first-order chi connectivity index (χ1) is 9.25. The third kappa shape index (κ3) is 2.51. The van der Waals surface area contributed by atoms with E-state index < -0.39 is 0 Å². The van der Waals surface area contributed by atoms with Crippen molar-refractivity contribution in [2.24, 2.45) is 11.0 Å². The lowest BCUT2D eigenvalue weighted by molar-refractivity contribution is -0.126. The molecule has 0 radical (unpaired) electrons. The predicted molar refractivity (Wildman–Crippen MR) is 71.5 cm³/mol. The van der Waals surface area contributed by atoms with Crippen molar-refractivity contribution in [2.45, 2.75) is 57.4 Å². The van der Waals surface area contributed by atoms with E-state index in [0.717, 1.165) is 19.4 Å². The van der Waals surface area contributed by atoms with E-state index in [9.17, 15) is 9.59 Å². The zero-order chi connectivity index (χ0) is 13.2. The number of hydrogen-bond donors (Lipinski definition) is 1. The fourth-order valence-corrected chi connectivity index (χ4v) is 3.67. The lowest BCUT2D eigenvalue weighted by atomic mass is 9.95. The smallest absolute Gasteiger partial charge is 0.270 e. The van der Waals surface area contributed by atoms with Crippen LogP contribution in [0, 0.1) is 5.92 Å². The van der Waals surface area contributed by atoms with Crippen LogP contribution in [0.4, 0.5) is 0 Å². The van der Waals surface area contributed by atoms with Crippen LogP contribution >= 0.6 is 0 Å². The Morgan fingerprint density at radius 3 is 2.63 bits per heavy atom. The van der Waals surface area contributed by atoms with Crippen LogP contribution in [0.5, 0.6) is 0 Å². The molecule has 1 saturated carbocycles. The van der Waals surface area contributed by atoms with Crippen LogP contribution in [-0.2, 0) is 9.59 Å². The Hall–Kier alpha value is -1.39. The molecule has 1 aliphatic carbocycles. The summed E-state index contributed by atoms with van der Waals surface area (Å²) in [5.74, 6) is 0.643. The molecule has 1 unspecified atom stereocenters. The lowest BCUT2D eigenvalue weighted by Crippen LogP contribution is -2.44. The third-order valence-electron chi connectivity index (χ3n) is 4.66. The van der Waals surface area contributed by atoms with Crippen molar-refractivity contribution in [3.8, 4) is 0 Å². The van der Waals surface area contributed by atoms with Gasteiger partial charge in [-0.05, 0) is 31.6 Å². The fraction of sp³-hybridized carbons (Fsp3) is 0.786. The molecule has 0 spiro atoms. The Morgan fingerprint density at radius 1 is 1.16 bits per heavy atom. The van der Waals surface area contributed by atoms with E-state index in [1.807, 2.05) is 4.90 Å². The van der Waals surface area contributed by atoms with Crippen LogP contribution in [-0.4, -0.2) is 35.0 Å². The van der Waals surface area contributed by atoms with Gasteiger partial charge in [-0.2, -0.15) is 5.10 Å². The third-order valence-corrected chi connectivity index (χ3v) is 4.66. The Bertz CT molecular complexity index is 413. The topological polar surface area (TPSA) is 61.8 Å². The summed E-state index contributed by atoms with van der Waals surface area (Å²) < 4.78 is 0. The summed E-state index contributed by atoms with van der Waals surface area (Å²) in [7, 11) is 0. The summed E-state index contributed by atoms with van der Waals surface area (Å²) in [4.78, 5) is 25.6. The summed E-state index contributed by atoms with van der Waals surface area (Å²) in [6, 6.07) is 0.412. The van der Waals surface area contributed by atoms with Gasteiger partial charge in [0.1, 0.15) is 5.71 Å². The number of carbonyl (C=O) groups is 2. The van der Waals surface area contributed by atoms with E-state index in [1.54, 1.807) is 0 Å². The summed E-state index contributed by atoms with van der Waals surface area (Å²) in [6.07, 6.45) is 8.24. The quantitative estimate of drug-likeness (QED) is 0.819. The molecule has 1 N–H and O–H groups in total. The van der Waals surface area contributed by atoms with E-state index >= 15 is 0 Å². The number of nitrogens with zero attached hydrogens (tertiary/aromatic N) is 2. The number of likely N-dealkylation sites (tertiary alicyclic amines) is 1. The normalized spacial score (nSPS) is 28.4. The minimum Gasteiger partial charge on any atom is -0.334 e. The van der Waals surface area contributed by atoms with Crippen LogP contribution in [0.15, 0.2) is 5.10 Å². The maximum atomic E-state index is 12.5. The fourth-order valence-electron chi connectivity index (χ4n) is 3.67. The predicted octanol–water partition coefficient (Wildman–Crippen LogP) is 1.43. The SMILES string of the molecule is O=C1CCC(C(=O)N2CCCC2C2CCCC2)=NN1. The second-order valence-corrected chi connectivity index (χ2v) is 5.85. The monoisotopic (exact) mass is 263 g/mol. The average Bonchev–Trinajstić information content (AvgIpc) is 3.09. The molecule has 3 rings (SSSR count). The van der Waals surface area contributed by atoms with Crippen molar-refractivity contribution < 1.29 is 9.59 Å². The van der Waals surface area contributed by atoms with Crippen molar-refractivity contribution in [1.29, 1.82) is 0 Å². The van der Waals surface area contributed by atoms with Crippen molar-refractivity contribution in [3.05, 3.63) is 0 Å². The Labute approximate surface area is 113 Å². The first kappa shape index (κ1) is 12.6. The first-order valence-electron chi connectivity index (χ1n) is 7.42. The summed E-state index contributed by atoms with van der Waals surface area (Å²) in [5.41, 5.74) is 2.95. The van der Waals surface area contributed by atoms with Crippen LogP contribution in [0.1, 0.15) is 51.4 Å². The second kappa shape index (κ2) is 5.31. The largest absolute Gasteiger partial charge is 0.334 e. The molecular formula is C14H21N3O2. The van der Waals surface area contributed by atoms with Gasteiger partial charge in [-0.1, -0.05) is 12.8 Å². The summed E-state index contributed by atoms with van der Waals surface area (Å²) in [5, 5.41) is 3.94. The van der Waals surface area contributed by atoms with Crippen LogP contribution in [0.2, 0.25) is 0 Å². The number of carbonyl (C=O) groups excluding carboxylic acids is 2. The number of amides is 2. The average molecular weight is 263 g/mol. The van der Waals surface area contributed by atoms with Crippen molar-refractivity contribution >= 4 is 17.5 Å². The molecule has 3 aliphatic rings. The van der Waals surface area contributed by atoms with Gasteiger partial charge in [-0.3, -0.25) is 9.59 Å². The van der Waals surface area contributed by atoms with E-state index in [0.29, 0.717) is 30.5 Å². The van der Waals surface area contributed by atoms with Crippen molar-refractivity contribution in [1.82, 2.24) is 10.3 Å². The Morgan fingerprint density at radius 2 is 1.95 bits per heavy atom. The van der Waals surface area contributed by atoms with Gasteiger partial charge in [-0.15, -0.1) is 0 Å². The zero-order valence-electron chi connectivity index (χ0n) is 11.2. The maximum absolute atomic E-state index is 12.5. The van der Waals surface area contributed by atoms with Gasteiger partial charge >= 0.3 is 0 Å². The highest BCUT2D eigenvalue weighted by Gasteiger charge is 2.37. The van der Waals surface area contributed by atoms with E-state index in [-0.39, 0.29) is 11.8 Å². The van der Waals surface area contributed by atoms with Gasteiger partial charge < -0.3 is 4.90 Å². The van der Waals surface area contributed by atoms with Gasteiger partial charge in [0.15, 0.2) is 0 Å². The first-order valence-corrected chi connectivity index (χ1v) is 7.42. The number of rotatable bonds is 2.